The normalized spacial score (nSPS) is 17.8. The zero-order valence-electron chi connectivity index (χ0n) is 12.8. The molecule has 0 saturated heterocycles. The SMILES string of the molecule is CCNC(CS(=O)(=O)C1CCCC1)c1ccccc1OC. The molecular weight excluding hydrogens is 286 g/mol. The topological polar surface area (TPSA) is 55.4 Å². The van der Waals surface area contributed by atoms with Gasteiger partial charge in [0.15, 0.2) is 9.84 Å². The van der Waals surface area contributed by atoms with Gasteiger partial charge in [0.05, 0.1) is 18.1 Å². The maximum absolute atomic E-state index is 12.6. The van der Waals surface area contributed by atoms with Gasteiger partial charge in [-0.05, 0) is 25.5 Å². The Hall–Kier alpha value is -1.07. The maximum atomic E-state index is 12.6. The van der Waals surface area contributed by atoms with Crippen molar-refractivity contribution in [3.63, 3.8) is 0 Å². The number of para-hydroxylation sites is 1. The van der Waals surface area contributed by atoms with E-state index in [4.69, 9.17) is 4.74 Å². The summed E-state index contributed by atoms with van der Waals surface area (Å²) in [5, 5.41) is 3.14. The van der Waals surface area contributed by atoms with Crippen molar-refractivity contribution in [1.82, 2.24) is 5.32 Å². The molecule has 1 atom stereocenters. The molecule has 1 aliphatic carbocycles. The Morgan fingerprint density at radius 1 is 1.29 bits per heavy atom. The van der Waals surface area contributed by atoms with Crippen molar-refractivity contribution in [3.05, 3.63) is 29.8 Å². The molecule has 5 heteroatoms. The maximum Gasteiger partial charge on any atom is 0.155 e. The van der Waals surface area contributed by atoms with E-state index in [9.17, 15) is 8.42 Å². The fraction of sp³-hybridized carbons (Fsp3) is 0.625. The molecule has 1 fully saturated rings. The monoisotopic (exact) mass is 311 g/mol. The van der Waals surface area contributed by atoms with Crippen LogP contribution in [-0.2, 0) is 9.84 Å². The summed E-state index contributed by atoms with van der Waals surface area (Å²) in [5.41, 5.74) is 0.920. The van der Waals surface area contributed by atoms with Crippen LogP contribution in [0.25, 0.3) is 0 Å². The first-order valence-corrected chi connectivity index (χ1v) is 9.38. The van der Waals surface area contributed by atoms with E-state index in [1.807, 2.05) is 31.2 Å². The van der Waals surface area contributed by atoms with E-state index < -0.39 is 9.84 Å². The van der Waals surface area contributed by atoms with E-state index in [1.54, 1.807) is 7.11 Å². The minimum atomic E-state index is -3.07. The van der Waals surface area contributed by atoms with E-state index in [0.717, 1.165) is 43.5 Å². The number of benzene rings is 1. The van der Waals surface area contributed by atoms with Gasteiger partial charge in [0.2, 0.25) is 0 Å². The number of hydrogen-bond donors (Lipinski definition) is 1. The molecule has 0 radical (unpaired) electrons. The predicted molar refractivity (Wildman–Crippen MR) is 85.5 cm³/mol. The molecule has 0 heterocycles. The molecule has 1 unspecified atom stereocenters. The number of nitrogens with one attached hydrogen (secondary N) is 1. The van der Waals surface area contributed by atoms with E-state index in [0.29, 0.717) is 0 Å². The van der Waals surface area contributed by atoms with Crippen molar-refractivity contribution in [1.29, 1.82) is 0 Å². The molecular formula is C16H25NO3S. The first kappa shape index (κ1) is 16.3. The van der Waals surface area contributed by atoms with Crippen molar-refractivity contribution in [2.45, 2.75) is 43.9 Å². The lowest BCUT2D eigenvalue weighted by Crippen LogP contribution is -2.32. The zero-order valence-corrected chi connectivity index (χ0v) is 13.7. The third kappa shape index (κ3) is 3.98. The number of rotatable bonds is 7. The van der Waals surface area contributed by atoms with E-state index in [-0.39, 0.29) is 17.0 Å². The minimum Gasteiger partial charge on any atom is -0.496 e. The average molecular weight is 311 g/mol. The highest BCUT2D eigenvalue weighted by Gasteiger charge is 2.32. The van der Waals surface area contributed by atoms with Crippen LogP contribution in [0.1, 0.15) is 44.2 Å². The van der Waals surface area contributed by atoms with Crippen LogP contribution in [-0.4, -0.2) is 33.1 Å². The lowest BCUT2D eigenvalue weighted by atomic mass is 10.1. The van der Waals surface area contributed by atoms with Crippen molar-refractivity contribution in [3.8, 4) is 5.75 Å². The summed E-state index contributed by atoms with van der Waals surface area (Å²) in [6.07, 6.45) is 3.69. The van der Waals surface area contributed by atoms with Gasteiger partial charge >= 0.3 is 0 Å². The molecule has 0 bridgehead atoms. The first-order chi connectivity index (χ1) is 10.1. The van der Waals surface area contributed by atoms with Gasteiger partial charge in [0, 0.05) is 11.6 Å². The second-order valence-electron chi connectivity index (χ2n) is 5.59. The van der Waals surface area contributed by atoms with Gasteiger partial charge < -0.3 is 10.1 Å². The highest BCUT2D eigenvalue weighted by molar-refractivity contribution is 7.92. The van der Waals surface area contributed by atoms with Crippen LogP contribution in [0.2, 0.25) is 0 Å². The Kier molecular flexibility index (Phi) is 5.65. The van der Waals surface area contributed by atoms with Crippen LogP contribution in [0, 0.1) is 0 Å². The lowest BCUT2D eigenvalue weighted by molar-refractivity contribution is 0.402. The van der Waals surface area contributed by atoms with Crippen molar-refractivity contribution < 1.29 is 13.2 Å². The van der Waals surface area contributed by atoms with Gasteiger partial charge in [-0.1, -0.05) is 38.0 Å². The van der Waals surface area contributed by atoms with Gasteiger partial charge in [0.1, 0.15) is 5.75 Å². The molecule has 1 aromatic rings. The second-order valence-corrected chi connectivity index (χ2v) is 7.91. The van der Waals surface area contributed by atoms with E-state index in [1.165, 1.54) is 0 Å². The quantitative estimate of drug-likeness (QED) is 0.841. The fourth-order valence-corrected chi connectivity index (χ4v) is 5.16. The number of ether oxygens (including phenoxy) is 1. The molecule has 21 heavy (non-hydrogen) atoms. The Balaban J connectivity index is 2.22. The number of hydrogen-bond acceptors (Lipinski definition) is 4. The van der Waals surface area contributed by atoms with Gasteiger partial charge in [-0.15, -0.1) is 0 Å². The molecule has 0 aromatic heterocycles. The third-order valence-electron chi connectivity index (χ3n) is 4.17. The summed E-state index contributed by atoms with van der Waals surface area (Å²) in [6.45, 7) is 2.72. The van der Waals surface area contributed by atoms with Crippen LogP contribution in [0.5, 0.6) is 5.75 Å². The van der Waals surface area contributed by atoms with Gasteiger partial charge in [0.25, 0.3) is 0 Å². The third-order valence-corrected chi connectivity index (χ3v) is 6.46. The summed E-state index contributed by atoms with van der Waals surface area (Å²) < 4.78 is 30.6. The van der Waals surface area contributed by atoms with Crippen LogP contribution in [0.15, 0.2) is 24.3 Å². The largest absolute Gasteiger partial charge is 0.496 e. The number of sulfone groups is 1. The summed E-state index contributed by atoms with van der Waals surface area (Å²) in [7, 11) is -1.45. The van der Waals surface area contributed by atoms with Gasteiger partial charge in [-0.3, -0.25) is 0 Å². The van der Waals surface area contributed by atoms with Crippen LogP contribution in [0.3, 0.4) is 0 Å². The van der Waals surface area contributed by atoms with Crippen molar-refractivity contribution in [2.24, 2.45) is 0 Å². The molecule has 1 aromatic carbocycles. The zero-order chi connectivity index (χ0) is 15.3. The molecule has 0 spiro atoms. The second kappa shape index (κ2) is 7.27. The Labute approximate surface area is 127 Å². The minimum absolute atomic E-state index is 0.145. The van der Waals surface area contributed by atoms with Crippen LogP contribution in [0.4, 0.5) is 0 Å². The van der Waals surface area contributed by atoms with Gasteiger partial charge in [-0.25, -0.2) is 8.42 Å². The summed E-state index contributed by atoms with van der Waals surface area (Å²) in [5.74, 6) is 0.886. The van der Waals surface area contributed by atoms with E-state index in [2.05, 4.69) is 5.32 Å². The molecule has 1 saturated carbocycles. The smallest absolute Gasteiger partial charge is 0.155 e. The Morgan fingerprint density at radius 3 is 2.57 bits per heavy atom. The van der Waals surface area contributed by atoms with Crippen molar-refractivity contribution >= 4 is 9.84 Å². The molecule has 4 nitrogen and oxygen atoms in total. The molecule has 1 aliphatic rings. The molecule has 118 valence electrons. The van der Waals surface area contributed by atoms with E-state index >= 15 is 0 Å². The molecule has 0 aliphatic heterocycles. The highest BCUT2D eigenvalue weighted by atomic mass is 32.2. The molecule has 2 rings (SSSR count). The summed E-state index contributed by atoms with van der Waals surface area (Å²) >= 11 is 0. The Bertz CT molecular complexity index is 550. The van der Waals surface area contributed by atoms with Gasteiger partial charge in [-0.2, -0.15) is 0 Å². The van der Waals surface area contributed by atoms with Crippen LogP contribution >= 0.6 is 0 Å². The Morgan fingerprint density at radius 2 is 1.95 bits per heavy atom. The van der Waals surface area contributed by atoms with Crippen LogP contribution < -0.4 is 10.1 Å². The predicted octanol–water partition coefficient (Wildman–Crippen LogP) is 2.70. The summed E-state index contributed by atoms with van der Waals surface area (Å²) in [4.78, 5) is 0. The first-order valence-electron chi connectivity index (χ1n) is 7.66. The fourth-order valence-electron chi connectivity index (χ4n) is 3.08. The summed E-state index contributed by atoms with van der Waals surface area (Å²) in [6, 6.07) is 7.43. The molecule has 1 N–H and O–H groups in total. The van der Waals surface area contributed by atoms with Crippen molar-refractivity contribution in [2.75, 3.05) is 19.4 Å². The molecule has 0 amide bonds. The average Bonchev–Trinajstić information content (AvgIpc) is 3.01. The highest BCUT2D eigenvalue weighted by Crippen LogP contribution is 2.30. The standard InChI is InChI=1S/C16H25NO3S/c1-3-17-15(14-10-6-7-11-16(14)20-2)12-21(18,19)13-8-4-5-9-13/h6-7,10-11,13,15,17H,3-5,8-9,12H2,1-2H3. The number of methoxy groups -OCH3 is 1. The lowest BCUT2D eigenvalue weighted by Gasteiger charge is -2.22.